The van der Waals surface area contributed by atoms with Crippen LogP contribution in [0.1, 0.15) is 52.4 Å². The first-order chi connectivity index (χ1) is 8.66. The lowest BCUT2D eigenvalue weighted by Crippen LogP contribution is -2.35. The molecule has 0 saturated heterocycles. The van der Waals surface area contributed by atoms with Crippen LogP contribution < -0.4 is 22.1 Å². The minimum Gasteiger partial charge on any atom is -0.328 e. The predicted molar refractivity (Wildman–Crippen MR) is 80.7 cm³/mol. The third kappa shape index (κ3) is 13.9. The molecule has 4 heteroatoms. The molecule has 0 spiro atoms. The van der Waals surface area contributed by atoms with E-state index in [0.29, 0.717) is 12.1 Å². The van der Waals surface area contributed by atoms with Crippen LogP contribution in [0.2, 0.25) is 0 Å². The average Bonchev–Trinajstić information content (AvgIpc) is 2.33. The highest BCUT2D eigenvalue weighted by Crippen LogP contribution is 1.94. The van der Waals surface area contributed by atoms with Crippen LogP contribution in [0.5, 0.6) is 0 Å². The Kier molecular flexibility index (Phi) is 13.2. The van der Waals surface area contributed by atoms with Gasteiger partial charge in [-0.15, -0.1) is 0 Å². The Morgan fingerprint density at radius 1 is 0.889 bits per heavy atom. The SMILES string of the molecule is CCCCCNCC(N)CCCNCCC(C)N. The van der Waals surface area contributed by atoms with E-state index in [1.807, 2.05) is 6.92 Å². The minimum atomic E-state index is 0.293. The molecule has 0 radical (unpaired) electrons. The molecule has 0 saturated carbocycles. The molecule has 0 aliphatic rings. The lowest BCUT2D eigenvalue weighted by Gasteiger charge is -2.13. The van der Waals surface area contributed by atoms with E-state index in [4.69, 9.17) is 11.5 Å². The minimum absolute atomic E-state index is 0.293. The topological polar surface area (TPSA) is 76.1 Å². The summed E-state index contributed by atoms with van der Waals surface area (Å²) in [6, 6.07) is 0.592. The summed E-state index contributed by atoms with van der Waals surface area (Å²) in [7, 11) is 0. The fourth-order valence-corrected chi connectivity index (χ4v) is 1.83. The zero-order valence-electron chi connectivity index (χ0n) is 12.4. The molecule has 2 atom stereocenters. The van der Waals surface area contributed by atoms with Gasteiger partial charge in [-0.2, -0.15) is 0 Å². The van der Waals surface area contributed by atoms with Crippen molar-refractivity contribution in [1.82, 2.24) is 10.6 Å². The van der Waals surface area contributed by atoms with Gasteiger partial charge in [-0.25, -0.2) is 0 Å². The molecule has 0 bridgehead atoms. The summed E-state index contributed by atoms with van der Waals surface area (Å²) in [5, 5.41) is 6.83. The third-order valence-corrected chi connectivity index (χ3v) is 3.07. The molecule has 0 fully saturated rings. The Labute approximate surface area is 113 Å². The average molecular weight is 258 g/mol. The van der Waals surface area contributed by atoms with Gasteiger partial charge in [0.2, 0.25) is 0 Å². The zero-order valence-corrected chi connectivity index (χ0v) is 12.4. The maximum absolute atomic E-state index is 6.04. The first-order valence-corrected chi connectivity index (χ1v) is 7.59. The summed E-state index contributed by atoms with van der Waals surface area (Å²) in [4.78, 5) is 0. The first-order valence-electron chi connectivity index (χ1n) is 7.59. The molecule has 0 aromatic rings. The summed E-state index contributed by atoms with van der Waals surface area (Å²) in [6.45, 7) is 8.39. The second kappa shape index (κ2) is 13.3. The van der Waals surface area contributed by atoms with Crippen molar-refractivity contribution in [2.24, 2.45) is 11.5 Å². The summed E-state index contributed by atoms with van der Waals surface area (Å²) in [6.07, 6.45) is 7.14. The van der Waals surface area contributed by atoms with Crippen LogP contribution in [0.3, 0.4) is 0 Å². The Balaban J connectivity index is 3.14. The maximum atomic E-state index is 6.04. The van der Waals surface area contributed by atoms with Crippen LogP contribution in [-0.2, 0) is 0 Å². The molecule has 0 heterocycles. The fraction of sp³-hybridized carbons (Fsp3) is 1.00. The van der Waals surface area contributed by atoms with E-state index in [1.165, 1.54) is 19.3 Å². The van der Waals surface area contributed by atoms with Crippen molar-refractivity contribution in [3.63, 3.8) is 0 Å². The summed E-state index contributed by atoms with van der Waals surface area (Å²) >= 11 is 0. The van der Waals surface area contributed by atoms with Crippen molar-refractivity contribution in [2.75, 3.05) is 26.2 Å². The molecule has 0 aliphatic heterocycles. The van der Waals surface area contributed by atoms with Gasteiger partial charge in [-0.05, 0) is 52.2 Å². The van der Waals surface area contributed by atoms with Gasteiger partial charge in [0.05, 0.1) is 0 Å². The first kappa shape index (κ1) is 17.8. The highest BCUT2D eigenvalue weighted by Gasteiger charge is 2.01. The third-order valence-electron chi connectivity index (χ3n) is 3.07. The Hall–Kier alpha value is -0.160. The Morgan fingerprint density at radius 3 is 2.28 bits per heavy atom. The van der Waals surface area contributed by atoms with Gasteiger partial charge in [-0.1, -0.05) is 19.8 Å². The Bertz CT molecular complexity index is 162. The molecule has 0 rings (SSSR count). The molecule has 4 nitrogen and oxygen atoms in total. The van der Waals surface area contributed by atoms with E-state index in [2.05, 4.69) is 17.6 Å². The maximum Gasteiger partial charge on any atom is 0.0165 e. The molecule has 6 N–H and O–H groups in total. The van der Waals surface area contributed by atoms with Crippen LogP contribution in [0.4, 0.5) is 0 Å². The largest absolute Gasteiger partial charge is 0.328 e. The van der Waals surface area contributed by atoms with E-state index < -0.39 is 0 Å². The summed E-state index contributed by atoms with van der Waals surface area (Å²) in [5.41, 5.74) is 11.7. The van der Waals surface area contributed by atoms with Gasteiger partial charge < -0.3 is 22.1 Å². The van der Waals surface area contributed by atoms with Crippen LogP contribution in [0.25, 0.3) is 0 Å². The van der Waals surface area contributed by atoms with E-state index in [-0.39, 0.29) is 0 Å². The van der Waals surface area contributed by atoms with Crippen molar-refractivity contribution in [3.05, 3.63) is 0 Å². The van der Waals surface area contributed by atoms with Crippen molar-refractivity contribution in [1.29, 1.82) is 0 Å². The number of hydrogen-bond donors (Lipinski definition) is 4. The molecular weight excluding hydrogens is 224 g/mol. The van der Waals surface area contributed by atoms with E-state index in [1.54, 1.807) is 0 Å². The highest BCUT2D eigenvalue weighted by atomic mass is 14.9. The van der Waals surface area contributed by atoms with Gasteiger partial charge in [0.15, 0.2) is 0 Å². The quantitative estimate of drug-likeness (QED) is 0.374. The van der Waals surface area contributed by atoms with Crippen LogP contribution in [-0.4, -0.2) is 38.3 Å². The number of nitrogens with two attached hydrogens (primary N) is 2. The van der Waals surface area contributed by atoms with Crippen LogP contribution >= 0.6 is 0 Å². The second-order valence-corrected chi connectivity index (χ2v) is 5.33. The lowest BCUT2D eigenvalue weighted by molar-refractivity contribution is 0.498. The van der Waals surface area contributed by atoms with Crippen molar-refractivity contribution in [3.8, 4) is 0 Å². The van der Waals surface area contributed by atoms with E-state index >= 15 is 0 Å². The second-order valence-electron chi connectivity index (χ2n) is 5.33. The molecule has 110 valence electrons. The van der Waals surface area contributed by atoms with Crippen molar-refractivity contribution < 1.29 is 0 Å². The molecule has 0 aliphatic carbocycles. The van der Waals surface area contributed by atoms with Crippen molar-refractivity contribution in [2.45, 2.75) is 64.5 Å². The zero-order chi connectivity index (χ0) is 13.6. The number of hydrogen-bond acceptors (Lipinski definition) is 4. The van der Waals surface area contributed by atoms with Gasteiger partial charge in [0.25, 0.3) is 0 Å². The fourth-order valence-electron chi connectivity index (χ4n) is 1.83. The number of nitrogens with one attached hydrogen (secondary N) is 2. The smallest absolute Gasteiger partial charge is 0.0165 e. The standard InChI is InChI=1S/C14H34N4/c1-3-4-5-9-18-12-14(16)7-6-10-17-11-8-13(2)15/h13-14,17-18H,3-12,15-16H2,1-2H3. The van der Waals surface area contributed by atoms with Crippen LogP contribution in [0, 0.1) is 0 Å². The van der Waals surface area contributed by atoms with Gasteiger partial charge in [0.1, 0.15) is 0 Å². The molecule has 18 heavy (non-hydrogen) atoms. The normalized spacial score (nSPS) is 14.7. The van der Waals surface area contributed by atoms with Crippen LogP contribution in [0.15, 0.2) is 0 Å². The van der Waals surface area contributed by atoms with Crippen molar-refractivity contribution >= 4 is 0 Å². The summed E-state index contributed by atoms with van der Waals surface area (Å²) in [5.74, 6) is 0. The highest BCUT2D eigenvalue weighted by molar-refractivity contribution is 4.66. The lowest BCUT2D eigenvalue weighted by atomic mass is 10.1. The predicted octanol–water partition coefficient (Wildman–Crippen LogP) is 1.20. The number of rotatable bonds is 13. The molecule has 2 unspecified atom stereocenters. The van der Waals surface area contributed by atoms with Gasteiger partial charge in [0, 0.05) is 18.6 Å². The Morgan fingerprint density at radius 2 is 1.61 bits per heavy atom. The van der Waals surface area contributed by atoms with Gasteiger partial charge in [-0.3, -0.25) is 0 Å². The molecule has 0 aromatic heterocycles. The van der Waals surface area contributed by atoms with Gasteiger partial charge >= 0.3 is 0 Å². The molecular formula is C14H34N4. The molecule has 0 aromatic carbocycles. The van der Waals surface area contributed by atoms with E-state index in [0.717, 1.165) is 45.4 Å². The number of unbranched alkanes of at least 4 members (excludes halogenated alkanes) is 2. The monoisotopic (exact) mass is 258 g/mol. The van der Waals surface area contributed by atoms with E-state index in [9.17, 15) is 0 Å². The summed E-state index contributed by atoms with van der Waals surface area (Å²) < 4.78 is 0. The molecule has 0 amide bonds.